The molecule has 0 amide bonds. The van der Waals surface area contributed by atoms with Crippen LogP contribution < -0.4 is 4.74 Å². The molecule has 102 valence electrons. The van der Waals surface area contributed by atoms with E-state index >= 15 is 0 Å². The maximum Gasteiger partial charge on any atom is 0.265 e. The van der Waals surface area contributed by atoms with E-state index < -0.39 is 9.05 Å². The number of hydrogen-bond acceptors (Lipinski definition) is 4. The minimum atomic E-state index is -3.94. The van der Waals surface area contributed by atoms with Crippen molar-refractivity contribution >= 4 is 47.3 Å². The predicted molar refractivity (Wildman–Crippen MR) is 74.2 cm³/mol. The fraction of sp³-hybridized carbons (Fsp3) is 0.400. The van der Waals surface area contributed by atoms with Gasteiger partial charge in [0.25, 0.3) is 9.05 Å². The highest BCUT2D eigenvalue weighted by Crippen LogP contribution is 2.37. The van der Waals surface area contributed by atoms with E-state index in [9.17, 15) is 8.42 Å². The molecule has 8 heteroatoms. The molecule has 1 aromatic rings. The van der Waals surface area contributed by atoms with Gasteiger partial charge in [-0.1, -0.05) is 27.5 Å². The van der Waals surface area contributed by atoms with Crippen LogP contribution in [0, 0.1) is 0 Å². The van der Waals surface area contributed by atoms with Gasteiger partial charge >= 0.3 is 0 Å². The monoisotopic (exact) mass is 376 g/mol. The van der Waals surface area contributed by atoms with E-state index in [0.29, 0.717) is 4.47 Å². The Balaban J connectivity index is 3.17. The molecule has 0 radical (unpaired) electrons. The zero-order valence-electron chi connectivity index (χ0n) is 9.61. The van der Waals surface area contributed by atoms with E-state index in [1.165, 1.54) is 19.2 Å². The van der Waals surface area contributed by atoms with Gasteiger partial charge in [-0.3, -0.25) is 0 Å². The molecule has 0 heterocycles. The molecule has 0 fully saturated rings. The van der Waals surface area contributed by atoms with Gasteiger partial charge in [-0.05, 0) is 19.1 Å². The van der Waals surface area contributed by atoms with Crippen molar-refractivity contribution in [2.75, 3.05) is 13.7 Å². The van der Waals surface area contributed by atoms with E-state index in [1.54, 1.807) is 6.92 Å². The molecule has 1 rings (SSSR count). The highest BCUT2D eigenvalue weighted by Gasteiger charge is 2.21. The zero-order chi connectivity index (χ0) is 13.9. The maximum atomic E-state index is 11.4. The van der Waals surface area contributed by atoms with E-state index in [4.69, 9.17) is 31.8 Å². The van der Waals surface area contributed by atoms with Crippen LogP contribution in [0.5, 0.6) is 5.75 Å². The van der Waals surface area contributed by atoms with Crippen molar-refractivity contribution in [2.45, 2.75) is 17.9 Å². The van der Waals surface area contributed by atoms with Crippen LogP contribution in [-0.2, 0) is 13.8 Å². The Hall–Kier alpha value is -0.0100. The quantitative estimate of drug-likeness (QED) is 0.737. The number of methoxy groups -OCH3 is 1. The highest BCUT2D eigenvalue weighted by molar-refractivity contribution is 9.10. The van der Waals surface area contributed by atoms with Crippen LogP contribution >= 0.6 is 38.2 Å². The molecule has 1 atom stereocenters. The second-order valence-electron chi connectivity index (χ2n) is 3.51. The lowest BCUT2D eigenvalue weighted by Gasteiger charge is -2.15. The SMILES string of the molecule is COC(C)COc1c(Cl)cc(Br)cc1S(=O)(=O)Cl. The lowest BCUT2D eigenvalue weighted by atomic mass is 10.3. The molecule has 0 aromatic heterocycles. The molecule has 0 spiro atoms. The Labute approximate surface area is 124 Å². The summed E-state index contributed by atoms with van der Waals surface area (Å²) in [4.78, 5) is -0.174. The summed E-state index contributed by atoms with van der Waals surface area (Å²) in [6, 6.07) is 2.86. The molecule has 1 unspecified atom stereocenters. The van der Waals surface area contributed by atoms with Gasteiger partial charge in [0, 0.05) is 22.3 Å². The lowest BCUT2D eigenvalue weighted by Crippen LogP contribution is -2.17. The summed E-state index contributed by atoms with van der Waals surface area (Å²) in [5.74, 6) is 0.0266. The summed E-state index contributed by atoms with van der Waals surface area (Å²) in [7, 11) is 2.92. The maximum absolute atomic E-state index is 11.4. The second kappa shape index (κ2) is 6.43. The summed E-state index contributed by atoms with van der Waals surface area (Å²) in [5, 5.41) is 0.159. The second-order valence-corrected chi connectivity index (χ2v) is 7.37. The van der Waals surface area contributed by atoms with Crippen LogP contribution in [0.1, 0.15) is 6.92 Å². The van der Waals surface area contributed by atoms with Crippen molar-refractivity contribution in [3.63, 3.8) is 0 Å². The molecular weight excluding hydrogens is 367 g/mol. The van der Waals surface area contributed by atoms with Gasteiger partial charge in [0.2, 0.25) is 0 Å². The third-order valence-corrected chi connectivity index (χ3v) is 4.17. The lowest BCUT2D eigenvalue weighted by molar-refractivity contribution is 0.0706. The molecule has 0 bridgehead atoms. The molecular formula is C10H11BrCl2O4S. The Morgan fingerprint density at radius 2 is 2.06 bits per heavy atom. The third kappa shape index (κ3) is 4.28. The number of rotatable bonds is 5. The third-order valence-electron chi connectivity index (χ3n) is 2.10. The average molecular weight is 378 g/mol. The summed E-state index contributed by atoms with van der Waals surface area (Å²) in [6.45, 7) is 1.94. The number of benzene rings is 1. The van der Waals surface area contributed by atoms with Crippen LogP contribution in [0.3, 0.4) is 0 Å². The Bertz CT molecular complexity index is 533. The molecule has 1 aromatic carbocycles. The molecule has 0 N–H and O–H groups in total. The van der Waals surface area contributed by atoms with Crippen molar-refractivity contribution in [2.24, 2.45) is 0 Å². The van der Waals surface area contributed by atoms with Gasteiger partial charge in [0.15, 0.2) is 5.75 Å². The largest absolute Gasteiger partial charge is 0.488 e. The van der Waals surface area contributed by atoms with Crippen molar-refractivity contribution in [1.82, 2.24) is 0 Å². The van der Waals surface area contributed by atoms with E-state index in [1.807, 2.05) is 0 Å². The van der Waals surface area contributed by atoms with Crippen molar-refractivity contribution < 1.29 is 17.9 Å². The van der Waals surface area contributed by atoms with Crippen LogP contribution in [0.2, 0.25) is 5.02 Å². The molecule has 0 aliphatic rings. The minimum absolute atomic E-state index is 0.0266. The Morgan fingerprint density at radius 3 is 2.56 bits per heavy atom. The molecule has 0 aliphatic heterocycles. The van der Waals surface area contributed by atoms with Crippen molar-refractivity contribution in [3.8, 4) is 5.75 Å². The highest BCUT2D eigenvalue weighted by atomic mass is 79.9. The standard InChI is InChI=1S/C10H11BrCl2O4S/c1-6(16-2)5-17-10-8(12)3-7(11)4-9(10)18(13,14)15/h3-4,6H,5H2,1-2H3. The van der Waals surface area contributed by atoms with Gasteiger partial charge in [0.1, 0.15) is 11.5 Å². The fourth-order valence-corrected chi connectivity index (χ4v) is 3.20. The van der Waals surface area contributed by atoms with Crippen LogP contribution in [-0.4, -0.2) is 28.2 Å². The fourth-order valence-electron chi connectivity index (χ4n) is 1.13. The van der Waals surface area contributed by atoms with Gasteiger partial charge in [-0.25, -0.2) is 8.42 Å². The number of halogens is 3. The first kappa shape index (κ1) is 16.0. The van der Waals surface area contributed by atoms with Crippen LogP contribution in [0.4, 0.5) is 0 Å². The molecule has 0 saturated carbocycles. The van der Waals surface area contributed by atoms with Crippen LogP contribution in [0.25, 0.3) is 0 Å². The molecule has 18 heavy (non-hydrogen) atoms. The average Bonchev–Trinajstić information content (AvgIpc) is 2.25. The Kier molecular flexibility index (Phi) is 5.73. The smallest absolute Gasteiger partial charge is 0.265 e. The normalized spacial score (nSPS) is 13.4. The molecule has 0 aliphatic carbocycles. The van der Waals surface area contributed by atoms with E-state index in [2.05, 4.69) is 15.9 Å². The topological polar surface area (TPSA) is 52.6 Å². The van der Waals surface area contributed by atoms with Gasteiger partial charge in [0.05, 0.1) is 11.1 Å². The van der Waals surface area contributed by atoms with Gasteiger partial charge in [-0.15, -0.1) is 0 Å². The minimum Gasteiger partial charge on any atom is -0.488 e. The van der Waals surface area contributed by atoms with Crippen LogP contribution in [0.15, 0.2) is 21.5 Å². The first-order valence-corrected chi connectivity index (χ1v) is 8.33. The first-order chi connectivity index (χ1) is 8.25. The summed E-state index contributed by atoms with van der Waals surface area (Å²) < 4.78 is 33.8. The van der Waals surface area contributed by atoms with E-state index in [0.717, 1.165) is 0 Å². The molecule has 4 nitrogen and oxygen atoms in total. The summed E-state index contributed by atoms with van der Waals surface area (Å²) in [5.41, 5.74) is 0. The van der Waals surface area contributed by atoms with Crippen molar-refractivity contribution in [3.05, 3.63) is 21.6 Å². The van der Waals surface area contributed by atoms with E-state index in [-0.39, 0.29) is 28.4 Å². The Morgan fingerprint density at radius 1 is 1.44 bits per heavy atom. The summed E-state index contributed by atoms with van der Waals surface area (Å²) in [6.07, 6.45) is -0.199. The number of hydrogen-bond donors (Lipinski definition) is 0. The molecule has 0 saturated heterocycles. The van der Waals surface area contributed by atoms with Gasteiger partial charge in [-0.2, -0.15) is 0 Å². The predicted octanol–water partition coefficient (Wildman–Crippen LogP) is 3.44. The first-order valence-electron chi connectivity index (χ1n) is 4.85. The zero-order valence-corrected chi connectivity index (χ0v) is 13.5. The van der Waals surface area contributed by atoms with Gasteiger partial charge < -0.3 is 9.47 Å². The summed E-state index contributed by atoms with van der Waals surface area (Å²) >= 11 is 9.09. The number of ether oxygens (including phenoxy) is 2. The van der Waals surface area contributed by atoms with Crippen molar-refractivity contribution in [1.29, 1.82) is 0 Å².